The van der Waals surface area contributed by atoms with Crippen LogP contribution in [0.5, 0.6) is 5.75 Å². The first-order chi connectivity index (χ1) is 9.60. The van der Waals surface area contributed by atoms with E-state index in [0.29, 0.717) is 5.56 Å². The molecule has 0 aromatic heterocycles. The summed E-state index contributed by atoms with van der Waals surface area (Å²) < 4.78 is 18.7. The minimum absolute atomic E-state index is 0.104. The largest absolute Gasteiger partial charge is 0.497 e. The van der Waals surface area contributed by atoms with Gasteiger partial charge in [0.2, 0.25) is 0 Å². The summed E-state index contributed by atoms with van der Waals surface area (Å²) >= 11 is 0. The zero-order valence-electron chi connectivity index (χ0n) is 12.1. The Morgan fingerprint density at radius 2 is 1.85 bits per heavy atom. The van der Waals surface area contributed by atoms with Gasteiger partial charge in [-0.05, 0) is 48.7 Å². The first-order valence-electron chi connectivity index (χ1n) is 6.72. The molecule has 0 aliphatic rings. The van der Waals surface area contributed by atoms with Gasteiger partial charge < -0.3 is 10.1 Å². The van der Waals surface area contributed by atoms with Crippen molar-refractivity contribution >= 4 is 0 Å². The van der Waals surface area contributed by atoms with Crippen molar-refractivity contribution in [3.8, 4) is 5.75 Å². The standard InChI is InChI=1S/C17H20FNO/c1-12-4-7-15(10-17(12)18)13(2)19-11-14-5-8-16(20-3)9-6-14/h4-10,13,19H,11H2,1-3H3. The number of ether oxygens (including phenoxy) is 1. The molecule has 2 rings (SSSR count). The number of aryl methyl sites for hydroxylation is 1. The summed E-state index contributed by atoms with van der Waals surface area (Å²) in [5.74, 6) is 0.697. The van der Waals surface area contributed by atoms with Crippen LogP contribution in [0, 0.1) is 12.7 Å². The smallest absolute Gasteiger partial charge is 0.126 e. The maximum Gasteiger partial charge on any atom is 0.126 e. The van der Waals surface area contributed by atoms with Gasteiger partial charge in [0.1, 0.15) is 11.6 Å². The van der Waals surface area contributed by atoms with Crippen molar-refractivity contribution in [1.82, 2.24) is 5.32 Å². The van der Waals surface area contributed by atoms with E-state index >= 15 is 0 Å². The van der Waals surface area contributed by atoms with Crippen LogP contribution in [-0.4, -0.2) is 7.11 Å². The Kier molecular flexibility index (Phi) is 4.74. The van der Waals surface area contributed by atoms with E-state index in [-0.39, 0.29) is 11.9 Å². The van der Waals surface area contributed by atoms with Crippen LogP contribution in [0.2, 0.25) is 0 Å². The number of nitrogens with one attached hydrogen (secondary N) is 1. The molecular formula is C17H20FNO. The molecule has 0 bridgehead atoms. The summed E-state index contributed by atoms with van der Waals surface area (Å²) in [6, 6.07) is 13.4. The van der Waals surface area contributed by atoms with Crippen LogP contribution in [0.4, 0.5) is 4.39 Å². The lowest BCUT2D eigenvalue weighted by atomic mass is 10.1. The molecule has 20 heavy (non-hydrogen) atoms. The first-order valence-corrected chi connectivity index (χ1v) is 6.72. The Balaban J connectivity index is 1.96. The first kappa shape index (κ1) is 14.5. The molecule has 0 saturated heterocycles. The van der Waals surface area contributed by atoms with Crippen LogP contribution in [0.25, 0.3) is 0 Å². The molecule has 0 saturated carbocycles. The average Bonchev–Trinajstić information content (AvgIpc) is 2.48. The van der Waals surface area contributed by atoms with Gasteiger partial charge in [0.05, 0.1) is 7.11 Å². The molecule has 0 heterocycles. The second-order valence-electron chi connectivity index (χ2n) is 4.96. The molecule has 2 aromatic rings. The van der Waals surface area contributed by atoms with Gasteiger partial charge in [-0.2, -0.15) is 0 Å². The zero-order chi connectivity index (χ0) is 14.5. The lowest BCUT2D eigenvalue weighted by Crippen LogP contribution is -2.18. The van der Waals surface area contributed by atoms with E-state index in [0.717, 1.165) is 17.9 Å². The zero-order valence-corrected chi connectivity index (χ0v) is 12.1. The number of rotatable bonds is 5. The summed E-state index contributed by atoms with van der Waals surface area (Å²) in [4.78, 5) is 0. The van der Waals surface area contributed by atoms with Gasteiger partial charge in [-0.25, -0.2) is 4.39 Å². The van der Waals surface area contributed by atoms with Crippen LogP contribution in [0.1, 0.15) is 29.7 Å². The Morgan fingerprint density at radius 1 is 1.15 bits per heavy atom. The van der Waals surface area contributed by atoms with Crippen LogP contribution in [0.15, 0.2) is 42.5 Å². The van der Waals surface area contributed by atoms with E-state index in [1.165, 1.54) is 5.56 Å². The van der Waals surface area contributed by atoms with Crippen molar-refractivity contribution in [3.63, 3.8) is 0 Å². The molecule has 0 radical (unpaired) electrons. The highest BCUT2D eigenvalue weighted by Gasteiger charge is 2.07. The number of methoxy groups -OCH3 is 1. The van der Waals surface area contributed by atoms with Crippen molar-refractivity contribution in [3.05, 3.63) is 65.0 Å². The average molecular weight is 273 g/mol. The SMILES string of the molecule is COc1ccc(CNC(C)c2ccc(C)c(F)c2)cc1. The van der Waals surface area contributed by atoms with Crippen molar-refractivity contribution < 1.29 is 9.13 Å². The Bertz CT molecular complexity index is 566. The Hall–Kier alpha value is -1.87. The van der Waals surface area contributed by atoms with Gasteiger partial charge in [0.15, 0.2) is 0 Å². The van der Waals surface area contributed by atoms with Gasteiger partial charge in [0.25, 0.3) is 0 Å². The number of hydrogen-bond donors (Lipinski definition) is 1. The molecule has 0 amide bonds. The molecule has 3 heteroatoms. The summed E-state index contributed by atoms with van der Waals surface area (Å²) in [5.41, 5.74) is 2.81. The fourth-order valence-electron chi connectivity index (χ4n) is 2.01. The monoisotopic (exact) mass is 273 g/mol. The van der Waals surface area contributed by atoms with E-state index in [2.05, 4.69) is 5.32 Å². The predicted octanol–water partition coefficient (Wildman–Crippen LogP) is 3.99. The van der Waals surface area contributed by atoms with Gasteiger partial charge in [-0.1, -0.05) is 24.3 Å². The molecular weight excluding hydrogens is 253 g/mol. The van der Waals surface area contributed by atoms with Crippen molar-refractivity contribution in [2.24, 2.45) is 0 Å². The third-order valence-electron chi connectivity index (χ3n) is 3.47. The van der Waals surface area contributed by atoms with Crippen molar-refractivity contribution in [2.45, 2.75) is 26.4 Å². The molecule has 1 N–H and O–H groups in total. The second-order valence-corrected chi connectivity index (χ2v) is 4.96. The normalized spacial score (nSPS) is 12.2. The summed E-state index contributed by atoms with van der Waals surface area (Å²) in [6.07, 6.45) is 0. The molecule has 0 fully saturated rings. The van der Waals surface area contributed by atoms with E-state index < -0.39 is 0 Å². The number of halogens is 1. The van der Waals surface area contributed by atoms with Crippen LogP contribution in [-0.2, 0) is 6.54 Å². The molecule has 1 atom stereocenters. The predicted molar refractivity (Wildman–Crippen MR) is 79.4 cm³/mol. The molecule has 1 unspecified atom stereocenters. The quantitative estimate of drug-likeness (QED) is 0.889. The summed E-state index contributed by atoms with van der Waals surface area (Å²) in [7, 11) is 1.65. The Labute approximate surface area is 119 Å². The van der Waals surface area contributed by atoms with Crippen molar-refractivity contribution in [1.29, 1.82) is 0 Å². The summed E-state index contributed by atoms with van der Waals surface area (Å²) in [5, 5.41) is 3.39. The number of hydrogen-bond acceptors (Lipinski definition) is 2. The minimum atomic E-state index is -0.152. The highest BCUT2D eigenvalue weighted by molar-refractivity contribution is 5.28. The maximum atomic E-state index is 13.5. The second kappa shape index (κ2) is 6.53. The van der Waals surface area contributed by atoms with Gasteiger partial charge in [0, 0.05) is 12.6 Å². The van der Waals surface area contributed by atoms with Gasteiger partial charge >= 0.3 is 0 Å². The maximum absolute atomic E-state index is 13.5. The van der Waals surface area contributed by atoms with Crippen LogP contribution >= 0.6 is 0 Å². The highest BCUT2D eigenvalue weighted by atomic mass is 19.1. The third kappa shape index (κ3) is 3.58. The minimum Gasteiger partial charge on any atom is -0.497 e. The fraction of sp³-hybridized carbons (Fsp3) is 0.294. The van der Waals surface area contributed by atoms with Gasteiger partial charge in [-0.3, -0.25) is 0 Å². The highest BCUT2D eigenvalue weighted by Crippen LogP contribution is 2.17. The lowest BCUT2D eigenvalue weighted by molar-refractivity contribution is 0.414. The molecule has 0 aliphatic heterocycles. The third-order valence-corrected chi connectivity index (χ3v) is 3.47. The lowest BCUT2D eigenvalue weighted by Gasteiger charge is -2.15. The fourth-order valence-corrected chi connectivity index (χ4v) is 2.01. The van der Waals surface area contributed by atoms with E-state index in [4.69, 9.17) is 4.74 Å². The van der Waals surface area contributed by atoms with Gasteiger partial charge in [-0.15, -0.1) is 0 Å². The van der Waals surface area contributed by atoms with Crippen LogP contribution < -0.4 is 10.1 Å². The molecule has 0 spiro atoms. The van der Waals surface area contributed by atoms with E-state index in [9.17, 15) is 4.39 Å². The molecule has 106 valence electrons. The topological polar surface area (TPSA) is 21.3 Å². The van der Waals surface area contributed by atoms with E-state index in [1.807, 2.05) is 43.3 Å². The molecule has 2 nitrogen and oxygen atoms in total. The van der Waals surface area contributed by atoms with Crippen LogP contribution in [0.3, 0.4) is 0 Å². The van der Waals surface area contributed by atoms with Crippen molar-refractivity contribution in [2.75, 3.05) is 7.11 Å². The molecule has 2 aromatic carbocycles. The van der Waals surface area contributed by atoms with E-state index in [1.54, 1.807) is 20.1 Å². The number of benzene rings is 2. The summed E-state index contributed by atoms with van der Waals surface area (Å²) in [6.45, 7) is 4.54. The Morgan fingerprint density at radius 3 is 2.45 bits per heavy atom. The molecule has 0 aliphatic carbocycles.